The maximum absolute atomic E-state index is 12.3. The van der Waals surface area contributed by atoms with Crippen molar-refractivity contribution in [1.29, 1.82) is 0 Å². The van der Waals surface area contributed by atoms with Gasteiger partial charge in [-0.3, -0.25) is 4.79 Å². The second-order valence-electron chi connectivity index (χ2n) is 8.14. The van der Waals surface area contributed by atoms with Crippen molar-refractivity contribution in [3.05, 3.63) is 35.4 Å². The number of hydrogen-bond acceptors (Lipinski definition) is 4. The zero-order valence-electron chi connectivity index (χ0n) is 15.5. The van der Waals surface area contributed by atoms with Crippen LogP contribution in [0.4, 0.5) is 4.79 Å². The molecule has 0 radical (unpaired) electrons. The SMILES string of the molecule is CC(=O)SC1CC2(CCN(C(=O)OC(C)(C)C)CC2)c2ccccc21. The minimum Gasteiger partial charge on any atom is -0.444 e. The summed E-state index contributed by atoms with van der Waals surface area (Å²) in [7, 11) is 0. The molecule has 5 heteroatoms. The second kappa shape index (κ2) is 6.67. The molecule has 1 spiro atoms. The first-order valence-corrected chi connectivity index (χ1v) is 9.83. The lowest BCUT2D eigenvalue weighted by molar-refractivity contribution is -0.109. The van der Waals surface area contributed by atoms with E-state index in [1.807, 2.05) is 25.7 Å². The molecule has 3 rings (SSSR count). The summed E-state index contributed by atoms with van der Waals surface area (Å²) in [6, 6.07) is 8.51. The standard InChI is InChI=1S/C20H27NO3S/c1-14(22)25-17-13-20(16-8-6-5-7-15(16)17)9-11-21(12-10-20)18(23)24-19(2,3)4/h5-8,17H,9-13H2,1-4H3. The molecule has 1 amide bonds. The van der Waals surface area contributed by atoms with Gasteiger partial charge in [-0.15, -0.1) is 0 Å². The van der Waals surface area contributed by atoms with Gasteiger partial charge in [0.25, 0.3) is 0 Å². The molecule has 136 valence electrons. The minimum atomic E-state index is -0.463. The van der Waals surface area contributed by atoms with E-state index in [9.17, 15) is 9.59 Å². The Morgan fingerprint density at radius 3 is 2.44 bits per heavy atom. The highest BCUT2D eigenvalue weighted by Crippen LogP contribution is 2.55. The molecular weight excluding hydrogens is 334 g/mol. The number of benzene rings is 1. The molecule has 1 aromatic carbocycles. The molecule has 25 heavy (non-hydrogen) atoms. The van der Waals surface area contributed by atoms with Crippen LogP contribution in [0.2, 0.25) is 0 Å². The third-order valence-corrected chi connectivity index (χ3v) is 6.17. The van der Waals surface area contributed by atoms with Gasteiger partial charge in [-0.25, -0.2) is 4.79 Å². The van der Waals surface area contributed by atoms with Crippen LogP contribution in [0, 0.1) is 0 Å². The van der Waals surface area contributed by atoms with Crippen LogP contribution in [0.5, 0.6) is 0 Å². The first-order chi connectivity index (χ1) is 11.7. The van der Waals surface area contributed by atoms with Gasteiger partial charge < -0.3 is 9.64 Å². The number of carbonyl (C=O) groups excluding carboxylic acids is 2. The Hall–Kier alpha value is -1.49. The average Bonchev–Trinajstić information content (AvgIpc) is 2.80. The summed E-state index contributed by atoms with van der Waals surface area (Å²) >= 11 is 1.44. The summed E-state index contributed by atoms with van der Waals surface area (Å²) in [5.74, 6) is 0. The van der Waals surface area contributed by atoms with Crippen LogP contribution in [0.1, 0.15) is 63.3 Å². The van der Waals surface area contributed by atoms with Gasteiger partial charge in [0.05, 0.1) is 0 Å². The van der Waals surface area contributed by atoms with E-state index in [1.54, 1.807) is 6.92 Å². The molecule has 0 bridgehead atoms. The van der Waals surface area contributed by atoms with Gasteiger partial charge in [-0.1, -0.05) is 36.0 Å². The number of ether oxygens (including phenoxy) is 1. The van der Waals surface area contributed by atoms with Crippen LogP contribution in [0.15, 0.2) is 24.3 Å². The smallest absolute Gasteiger partial charge is 0.410 e. The molecule has 4 nitrogen and oxygen atoms in total. The predicted octanol–water partition coefficient (Wildman–Crippen LogP) is 4.68. The van der Waals surface area contributed by atoms with Gasteiger partial charge in [-0.05, 0) is 51.2 Å². The Morgan fingerprint density at radius 2 is 1.84 bits per heavy atom. The molecule has 1 fully saturated rings. The molecule has 1 aromatic rings. The fourth-order valence-corrected chi connectivity index (χ4v) is 5.19. The van der Waals surface area contributed by atoms with Gasteiger partial charge in [0.1, 0.15) is 5.60 Å². The third-order valence-electron chi connectivity index (χ3n) is 5.14. The van der Waals surface area contributed by atoms with Crippen molar-refractivity contribution in [1.82, 2.24) is 4.90 Å². The van der Waals surface area contributed by atoms with Gasteiger partial charge in [-0.2, -0.15) is 0 Å². The zero-order valence-corrected chi connectivity index (χ0v) is 16.3. The number of piperidine rings is 1. The first kappa shape index (κ1) is 18.3. The predicted molar refractivity (Wildman–Crippen MR) is 101 cm³/mol. The van der Waals surface area contributed by atoms with E-state index in [0.717, 1.165) is 19.3 Å². The highest BCUT2D eigenvalue weighted by molar-refractivity contribution is 8.13. The van der Waals surface area contributed by atoms with Crippen molar-refractivity contribution >= 4 is 23.0 Å². The number of fused-ring (bicyclic) bond motifs is 2. The Balaban J connectivity index is 1.75. The normalized spacial score (nSPS) is 21.9. The Bertz CT molecular complexity index is 672. The largest absolute Gasteiger partial charge is 0.444 e. The van der Waals surface area contributed by atoms with Gasteiger partial charge >= 0.3 is 6.09 Å². The highest BCUT2D eigenvalue weighted by Gasteiger charge is 2.46. The number of likely N-dealkylation sites (tertiary alicyclic amines) is 1. The van der Waals surface area contributed by atoms with Crippen LogP contribution < -0.4 is 0 Å². The molecule has 2 aliphatic rings. The molecule has 1 aliphatic heterocycles. The number of hydrogen-bond donors (Lipinski definition) is 0. The van der Waals surface area contributed by atoms with Crippen molar-refractivity contribution in [2.45, 2.75) is 63.2 Å². The lowest BCUT2D eigenvalue weighted by atomic mass is 9.74. The van der Waals surface area contributed by atoms with E-state index in [4.69, 9.17) is 4.74 Å². The Kier molecular flexibility index (Phi) is 4.89. The maximum atomic E-state index is 12.3. The van der Waals surface area contributed by atoms with Crippen molar-refractivity contribution in [2.24, 2.45) is 0 Å². The van der Waals surface area contributed by atoms with E-state index < -0.39 is 5.60 Å². The molecule has 1 saturated heterocycles. The molecule has 1 atom stereocenters. The van der Waals surface area contributed by atoms with E-state index in [1.165, 1.54) is 22.9 Å². The van der Waals surface area contributed by atoms with Crippen molar-refractivity contribution in [3.8, 4) is 0 Å². The summed E-state index contributed by atoms with van der Waals surface area (Å²) in [4.78, 5) is 25.8. The van der Waals surface area contributed by atoms with Gasteiger partial charge in [0.2, 0.25) is 0 Å². The number of amides is 1. The monoisotopic (exact) mass is 361 g/mol. The molecule has 1 aliphatic carbocycles. The van der Waals surface area contributed by atoms with Crippen LogP contribution >= 0.6 is 11.8 Å². The van der Waals surface area contributed by atoms with E-state index in [0.29, 0.717) is 13.1 Å². The lowest BCUT2D eigenvalue weighted by Gasteiger charge is -2.40. The Labute approximate surface area is 154 Å². The van der Waals surface area contributed by atoms with E-state index in [2.05, 4.69) is 24.3 Å². The van der Waals surface area contributed by atoms with Crippen molar-refractivity contribution in [2.75, 3.05) is 13.1 Å². The topological polar surface area (TPSA) is 46.6 Å². The number of rotatable bonds is 1. The molecule has 1 heterocycles. The van der Waals surface area contributed by atoms with Crippen molar-refractivity contribution in [3.63, 3.8) is 0 Å². The van der Waals surface area contributed by atoms with Gasteiger partial charge in [0.15, 0.2) is 5.12 Å². The summed E-state index contributed by atoms with van der Waals surface area (Å²) in [6.07, 6.45) is 2.62. The number of carbonyl (C=O) groups is 2. The molecule has 0 N–H and O–H groups in total. The lowest BCUT2D eigenvalue weighted by Crippen LogP contribution is -2.46. The summed E-state index contributed by atoms with van der Waals surface area (Å²) in [5.41, 5.74) is 2.29. The number of thioether (sulfide) groups is 1. The van der Waals surface area contributed by atoms with Crippen molar-refractivity contribution < 1.29 is 14.3 Å². The molecule has 1 unspecified atom stereocenters. The average molecular weight is 362 g/mol. The van der Waals surface area contributed by atoms with Crippen LogP contribution in [0.3, 0.4) is 0 Å². The summed E-state index contributed by atoms with van der Waals surface area (Å²) in [6.45, 7) is 8.75. The van der Waals surface area contributed by atoms with Crippen LogP contribution in [0.25, 0.3) is 0 Å². The fraction of sp³-hybridized carbons (Fsp3) is 0.600. The third kappa shape index (κ3) is 3.86. The fourth-order valence-electron chi connectivity index (χ4n) is 4.06. The van der Waals surface area contributed by atoms with E-state index in [-0.39, 0.29) is 21.9 Å². The molecular formula is C20H27NO3S. The highest BCUT2D eigenvalue weighted by atomic mass is 32.2. The first-order valence-electron chi connectivity index (χ1n) is 8.95. The molecule has 0 aromatic heterocycles. The second-order valence-corrected chi connectivity index (χ2v) is 9.52. The Morgan fingerprint density at radius 1 is 1.20 bits per heavy atom. The van der Waals surface area contributed by atoms with E-state index >= 15 is 0 Å². The summed E-state index contributed by atoms with van der Waals surface area (Å²) < 4.78 is 5.51. The summed E-state index contributed by atoms with van der Waals surface area (Å²) in [5, 5.41) is 0.407. The molecule has 0 saturated carbocycles. The maximum Gasteiger partial charge on any atom is 0.410 e. The van der Waals surface area contributed by atoms with Gasteiger partial charge in [0, 0.05) is 30.7 Å². The minimum absolute atomic E-state index is 0.0855. The zero-order chi connectivity index (χ0) is 18.2. The van der Waals surface area contributed by atoms with Crippen LogP contribution in [-0.2, 0) is 14.9 Å². The van der Waals surface area contributed by atoms with Crippen LogP contribution in [-0.4, -0.2) is 34.8 Å². The number of nitrogens with zero attached hydrogens (tertiary/aromatic N) is 1. The quantitative estimate of drug-likeness (QED) is 0.729.